The standard InChI is InChI=1S/C12H16ClN3O4S/c1-14(2)9-5-6-15(8-9)21(19,20)10-3-4-11(13)12(7-10)16(17)18/h3-4,7,9H,5-6,8H2,1-2H3. The second kappa shape index (κ2) is 5.88. The quantitative estimate of drug-likeness (QED) is 0.617. The molecule has 1 saturated heterocycles. The van der Waals surface area contributed by atoms with Gasteiger partial charge in [0.1, 0.15) is 5.02 Å². The third kappa shape index (κ3) is 3.18. The van der Waals surface area contributed by atoms with Crippen molar-refractivity contribution in [2.75, 3.05) is 27.2 Å². The second-order valence-corrected chi connectivity index (χ2v) is 7.48. The molecule has 0 spiro atoms. The first kappa shape index (κ1) is 16.2. The van der Waals surface area contributed by atoms with E-state index in [0.717, 1.165) is 12.5 Å². The van der Waals surface area contributed by atoms with E-state index in [9.17, 15) is 18.5 Å². The highest BCUT2D eigenvalue weighted by Crippen LogP contribution is 2.30. The van der Waals surface area contributed by atoms with Gasteiger partial charge in [-0.15, -0.1) is 0 Å². The Morgan fingerprint density at radius 2 is 2.10 bits per heavy atom. The Hall–Kier alpha value is -1.22. The molecular weight excluding hydrogens is 318 g/mol. The first-order valence-corrected chi connectivity index (χ1v) is 8.16. The summed E-state index contributed by atoms with van der Waals surface area (Å²) in [4.78, 5) is 12.1. The molecule has 1 fully saturated rings. The lowest BCUT2D eigenvalue weighted by Gasteiger charge is -2.20. The average molecular weight is 334 g/mol. The van der Waals surface area contributed by atoms with Crippen LogP contribution in [0.3, 0.4) is 0 Å². The molecule has 1 aliphatic rings. The Labute approximate surface area is 128 Å². The maximum absolute atomic E-state index is 12.5. The lowest BCUT2D eigenvalue weighted by Crippen LogP contribution is -2.34. The summed E-state index contributed by atoms with van der Waals surface area (Å²) in [7, 11) is 0.0592. The van der Waals surface area contributed by atoms with Crippen LogP contribution in [0.25, 0.3) is 0 Å². The van der Waals surface area contributed by atoms with Crippen molar-refractivity contribution in [1.82, 2.24) is 9.21 Å². The Morgan fingerprint density at radius 1 is 1.43 bits per heavy atom. The summed E-state index contributed by atoms with van der Waals surface area (Å²) in [6.45, 7) is 0.785. The van der Waals surface area contributed by atoms with Crippen LogP contribution in [0.1, 0.15) is 6.42 Å². The summed E-state index contributed by atoms with van der Waals surface area (Å²) < 4.78 is 26.4. The van der Waals surface area contributed by atoms with Crippen molar-refractivity contribution in [3.8, 4) is 0 Å². The van der Waals surface area contributed by atoms with Gasteiger partial charge in [-0.1, -0.05) is 11.6 Å². The third-order valence-electron chi connectivity index (χ3n) is 3.61. The first-order valence-electron chi connectivity index (χ1n) is 6.34. The second-order valence-electron chi connectivity index (χ2n) is 5.14. The van der Waals surface area contributed by atoms with Crippen LogP contribution in [0.4, 0.5) is 5.69 Å². The summed E-state index contributed by atoms with van der Waals surface area (Å²) in [6, 6.07) is 3.71. The van der Waals surface area contributed by atoms with E-state index < -0.39 is 20.6 Å². The number of nitro groups is 1. The minimum absolute atomic E-state index is 0.0773. The number of halogens is 1. The highest BCUT2D eigenvalue weighted by molar-refractivity contribution is 7.89. The van der Waals surface area contributed by atoms with Gasteiger partial charge in [-0.05, 0) is 32.6 Å². The molecule has 1 aromatic rings. The molecule has 1 aliphatic heterocycles. The molecule has 0 bridgehead atoms. The molecule has 1 unspecified atom stereocenters. The Kier molecular flexibility index (Phi) is 4.52. The van der Waals surface area contributed by atoms with E-state index in [2.05, 4.69) is 0 Å². The van der Waals surface area contributed by atoms with Gasteiger partial charge in [-0.3, -0.25) is 10.1 Å². The van der Waals surface area contributed by atoms with E-state index in [4.69, 9.17) is 11.6 Å². The van der Waals surface area contributed by atoms with E-state index >= 15 is 0 Å². The van der Waals surface area contributed by atoms with E-state index in [0.29, 0.717) is 13.1 Å². The molecular formula is C12H16ClN3O4S. The van der Waals surface area contributed by atoms with Crippen molar-refractivity contribution in [3.05, 3.63) is 33.3 Å². The molecule has 0 N–H and O–H groups in total. The van der Waals surface area contributed by atoms with Crippen molar-refractivity contribution in [3.63, 3.8) is 0 Å². The zero-order chi connectivity index (χ0) is 15.8. The molecule has 2 rings (SSSR count). The molecule has 0 aliphatic carbocycles. The molecule has 0 saturated carbocycles. The highest BCUT2D eigenvalue weighted by Gasteiger charge is 2.34. The van der Waals surface area contributed by atoms with Crippen LogP contribution < -0.4 is 0 Å². The van der Waals surface area contributed by atoms with Crippen molar-refractivity contribution >= 4 is 27.3 Å². The number of rotatable bonds is 4. The SMILES string of the molecule is CN(C)C1CCN(S(=O)(=O)c2ccc(Cl)c([N+](=O)[O-])c2)C1. The van der Waals surface area contributed by atoms with Gasteiger partial charge < -0.3 is 4.90 Å². The van der Waals surface area contributed by atoms with Crippen molar-refractivity contribution in [2.45, 2.75) is 17.4 Å². The van der Waals surface area contributed by atoms with E-state index in [-0.39, 0.29) is 16.0 Å². The maximum atomic E-state index is 12.5. The Morgan fingerprint density at radius 3 is 2.62 bits per heavy atom. The first-order chi connectivity index (χ1) is 9.73. The lowest BCUT2D eigenvalue weighted by molar-refractivity contribution is -0.384. The molecule has 9 heteroatoms. The predicted molar refractivity (Wildman–Crippen MR) is 79.0 cm³/mol. The smallest absolute Gasteiger partial charge is 0.289 e. The fraction of sp³-hybridized carbons (Fsp3) is 0.500. The van der Waals surface area contributed by atoms with Gasteiger partial charge >= 0.3 is 0 Å². The topological polar surface area (TPSA) is 83.8 Å². The van der Waals surface area contributed by atoms with Crippen LogP contribution in [-0.2, 0) is 10.0 Å². The molecule has 7 nitrogen and oxygen atoms in total. The van der Waals surface area contributed by atoms with Crippen LogP contribution >= 0.6 is 11.6 Å². The van der Waals surface area contributed by atoms with Gasteiger partial charge in [0.15, 0.2) is 0 Å². The highest BCUT2D eigenvalue weighted by atomic mass is 35.5. The zero-order valence-corrected chi connectivity index (χ0v) is 13.3. The molecule has 1 heterocycles. The zero-order valence-electron chi connectivity index (χ0n) is 11.7. The van der Waals surface area contributed by atoms with E-state index in [1.54, 1.807) is 0 Å². The average Bonchev–Trinajstić information content (AvgIpc) is 2.89. The van der Waals surface area contributed by atoms with E-state index in [1.807, 2.05) is 19.0 Å². The molecule has 0 amide bonds. The number of hydrogen-bond donors (Lipinski definition) is 0. The molecule has 1 aromatic carbocycles. The Bertz CT molecular complexity index is 662. The van der Waals surface area contributed by atoms with Crippen LogP contribution in [0.5, 0.6) is 0 Å². The van der Waals surface area contributed by atoms with Gasteiger partial charge in [0, 0.05) is 25.2 Å². The van der Waals surface area contributed by atoms with E-state index in [1.165, 1.54) is 16.4 Å². The van der Waals surface area contributed by atoms with Crippen molar-refractivity contribution in [2.24, 2.45) is 0 Å². The number of likely N-dealkylation sites (N-methyl/N-ethyl adjacent to an activating group) is 1. The van der Waals surface area contributed by atoms with Gasteiger partial charge in [-0.25, -0.2) is 8.42 Å². The summed E-state index contributed by atoms with van der Waals surface area (Å²) in [5, 5.41) is 10.8. The summed E-state index contributed by atoms with van der Waals surface area (Å²) in [6.07, 6.45) is 0.738. The number of sulfonamides is 1. The molecule has 21 heavy (non-hydrogen) atoms. The predicted octanol–water partition coefficient (Wildman–Crippen LogP) is 1.57. The normalized spacial score (nSPS) is 20.1. The molecule has 0 radical (unpaired) electrons. The minimum atomic E-state index is -3.73. The minimum Gasteiger partial charge on any atom is -0.305 e. The van der Waals surface area contributed by atoms with Crippen molar-refractivity contribution in [1.29, 1.82) is 0 Å². The van der Waals surface area contributed by atoms with Crippen LogP contribution in [-0.4, -0.2) is 55.8 Å². The molecule has 1 atom stereocenters. The summed E-state index contributed by atoms with van der Waals surface area (Å²) >= 11 is 5.71. The number of benzene rings is 1. The summed E-state index contributed by atoms with van der Waals surface area (Å²) in [5.41, 5.74) is -0.402. The maximum Gasteiger partial charge on any atom is 0.289 e. The van der Waals surface area contributed by atoms with Crippen LogP contribution in [0, 0.1) is 10.1 Å². The van der Waals surface area contributed by atoms with Gasteiger partial charge in [0.25, 0.3) is 5.69 Å². The molecule has 116 valence electrons. The van der Waals surface area contributed by atoms with Crippen molar-refractivity contribution < 1.29 is 13.3 Å². The largest absolute Gasteiger partial charge is 0.305 e. The summed E-state index contributed by atoms with van der Waals surface area (Å²) in [5.74, 6) is 0. The van der Waals surface area contributed by atoms with Crippen LogP contribution in [0.15, 0.2) is 23.1 Å². The van der Waals surface area contributed by atoms with Gasteiger partial charge in [0.05, 0.1) is 9.82 Å². The van der Waals surface area contributed by atoms with Gasteiger partial charge in [0.2, 0.25) is 10.0 Å². The number of hydrogen-bond acceptors (Lipinski definition) is 5. The van der Waals surface area contributed by atoms with Crippen LogP contribution in [0.2, 0.25) is 5.02 Å². The third-order valence-corrected chi connectivity index (χ3v) is 5.79. The molecule has 0 aromatic heterocycles. The fourth-order valence-electron chi connectivity index (χ4n) is 2.29. The number of nitro benzene ring substituents is 1. The fourth-order valence-corrected chi connectivity index (χ4v) is 3.99. The van der Waals surface area contributed by atoms with Gasteiger partial charge in [-0.2, -0.15) is 4.31 Å². The lowest BCUT2D eigenvalue weighted by atomic mass is 10.2. The number of nitrogens with zero attached hydrogens (tertiary/aromatic N) is 3. The Balaban J connectivity index is 2.33. The monoisotopic (exact) mass is 333 g/mol.